The van der Waals surface area contributed by atoms with Crippen molar-refractivity contribution in [1.82, 2.24) is 5.32 Å². The number of carbonyl (C=O) groups is 2. The zero-order valence-corrected chi connectivity index (χ0v) is 14.8. The number of para-hydroxylation sites is 2. The summed E-state index contributed by atoms with van der Waals surface area (Å²) in [5.74, 6) is -1.36. The Kier molecular flexibility index (Phi) is 4.71. The number of rotatable bonds is 4. The number of anilines is 2. The second-order valence-corrected chi connectivity index (χ2v) is 6.58. The zero-order chi connectivity index (χ0) is 18.6. The fourth-order valence-corrected chi connectivity index (χ4v) is 3.61. The molecule has 1 saturated heterocycles. The highest BCUT2D eigenvalue weighted by Gasteiger charge is 2.43. The molecule has 1 N–H and O–H groups in total. The van der Waals surface area contributed by atoms with E-state index < -0.39 is 5.92 Å². The van der Waals surface area contributed by atoms with E-state index in [0.717, 1.165) is 16.9 Å². The highest BCUT2D eigenvalue weighted by atomic mass is 16.2. The van der Waals surface area contributed by atoms with Crippen molar-refractivity contribution in [2.45, 2.75) is 5.92 Å². The van der Waals surface area contributed by atoms with Gasteiger partial charge in [0, 0.05) is 23.8 Å². The van der Waals surface area contributed by atoms with Gasteiger partial charge in [0.2, 0.25) is 11.8 Å². The Morgan fingerprint density at radius 3 is 1.78 bits per heavy atom. The molecule has 1 heterocycles. The summed E-state index contributed by atoms with van der Waals surface area (Å²) < 4.78 is 0. The molecule has 0 aromatic heterocycles. The number of hydrogen-bond donors (Lipinski definition) is 1. The first-order valence-electron chi connectivity index (χ1n) is 9.02. The van der Waals surface area contributed by atoms with E-state index in [4.69, 9.17) is 0 Å². The summed E-state index contributed by atoms with van der Waals surface area (Å²) in [6.45, 7) is 0.469. The van der Waals surface area contributed by atoms with Crippen LogP contribution in [0, 0.1) is 5.92 Å². The molecule has 4 rings (SSSR count). The standard InChI is InChI=1S/C23H20N2O2/c26-22-21(20(16-24-22)17-10-4-1-5-11-17)23(27)25(18-12-6-2-7-13-18)19-14-8-3-9-15-19/h1-15,20-21H,16H2,(H,24,26)/t20-,21-/m1/s1. The van der Waals surface area contributed by atoms with Gasteiger partial charge in [0.25, 0.3) is 0 Å². The SMILES string of the molecule is O=C1NC[C@H](c2ccccc2)[C@H]1C(=O)N(c1ccccc1)c1ccccc1. The molecule has 0 spiro atoms. The van der Waals surface area contributed by atoms with Gasteiger partial charge in [-0.2, -0.15) is 0 Å². The Bertz CT molecular complexity index is 887. The largest absolute Gasteiger partial charge is 0.355 e. The molecule has 1 aliphatic heterocycles. The molecule has 4 nitrogen and oxygen atoms in total. The number of hydrogen-bond acceptors (Lipinski definition) is 2. The molecule has 0 radical (unpaired) electrons. The molecular weight excluding hydrogens is 336 g/mol. The Labute approximate surface area is 158 Å². The molecule has 1 fully saturated rings. The van der Waals surface area contributed by atoms with Gasteiger partial charge in [0.15, 0.2) is 0 Å². The maximum absolute atomic E-state index is 13.6. The minimum atomic E-state index is -0.757. The highest BCUT2D eigenvalue weighted by Crippen LogP contribution is 2.34. The van der Waals surface area contributed by atoms with Gasteiger partial charge < -0.3 is 5.32 Å². The molecule has 3 aromatic rings. The molecule has 3 aromatic carbocycles. The van der Waals surface area contributed by atoms with E-state index >= 15 is 0 Å². The summed E-state index contributed by atoms with van der Waals surface area (Å²) in [4.78, 5) is 27.9. The number of nitrogens with one attached hydrogen (secondary N) is 1. The second-order valence-electron chi connectivity index (χ2n) is 6.58. The number of amides is 2. The second kappa shape index (κ2) is 7.46. The van der Waals surface area contributed by atoms with Gasteiger partial charge in [-0.3, -0.25) is 14.5 Å². The molecule has 2 atom stereocenters. The average molecular weight is 356 g/mol. The van der Waals surface area contributed by atoms with E-state index in [1.165, 1.54) is 0 Å². The van der Waals surface area contributed by atoms with Gasteiger partial charge in [0.1, 0.15) is 5.92 Å². The summed E-state index contributed by atoms with van der Waals surface area (Å²) in [5.41, 5.74) is 2.50. The maximum Gasteiger partial charge on any atom is 0.244 e. The van der Waals surface area contributed by atoms with Crippen molar-refractivity contribution in [3.8, 4) is 0 Å². The third-order valence-electron chi connectivity index (χ3n) is 4.92. The van der Waals surface area contributed by atoms with E-state index in [-0.39, 0.29) is 17.7 Å². The van der Waals surface area contributed by atoms with Crippen LogP contribution in [0.4, 0.5) is 11.4 Å². The van der Waals surface area contributed by atoms with Crippen LogP contribution in [0.2, 0.25) is 0 Å². The van der Waals surface area contributed by atoms with Gasteiger partial charge in [0.05, 0.1) is 0 Å². The van der Waals surface area contributed by atoms with Gasteiger partial charge in [-0.15, -0.1) is 0 Å². The van der Waals surface area contributed by atoms with Gasteiger partial charge in [-0.25, -0.2) is 0 Å². The Morgan fingerprint density at radius 2 is 1.26 bits per heavy atom. The van der Waals surface area contributed by atoms with Crippen molar-refractivity contribution in [3.05, 3.63) is 96.6 Å². The molecule has 0 aliphatic carbocycles. The lowest BCUT2D eigenvalue weighted by molar-refractivity contribution is -0.131. The molecule has 1 aliphatic rings. The van der Waals surface area contributed by atoms with E-state index in [2.05, 4.69) is 5.32 Å². The van der Waals surface area contributed by atoms with Crippen LogP contribution in [0.15, 0.2) is 91.0 Å². The van der Waals surface area contributed by atoms with Crippen LogP contribution in [-0.2, 0) is 9.59 Å². The molecular formula is C23H20N2O2. The summed E-state index contributed by atoms with van der Waals surface area (Å²) in [7, 11) is 0. The quantitative estimate of drug-likeness (QED) is 0.721. The van der Waals surface area contributed by atoms with Crippen LogP contribution in [0.1, 0.15) is 11.5 Å². The summed E-state index contributed by atoms with van der Waals surface area (Å²) >= 11 is 0. The third kappa shape index (κ3) is 3.34. The predicted molar refractivity (Wildman–Crippen MR) is 106 cm³/mol. The fourth-order valence-electron chi connectivity index (χ4n) is 3.61. The van der Waals surface area contributed by atoms with E-state index in [0.29, 0.717) is 6.54 Å². The lowest BCUT2D eigenvalue weighted by Gasteiger charge is -2.27. The summed E-state index contributed by atoms with van der Waals surface area (Å²) in [5, 5.41) is 2.87. The van der Waals surface area contributed by atoms with Crippen LogP contribution < -0.4 is 10.2 Å². The molecule has 27 heavy (non-hydrogen) atoms. The Morgan fingerprint density at radius 1 is 0.778 bits per heavy atom. The minimum Gasteiger partial charge on any atom is -0.355 e. The molecule has 4 heteroatoms. The minimum absolute atomic E-state index is 0.180. The van der Waals surface area contributed by atoms with Crippen molar-refractivity contribution in [1.29, 1.82) is 0 Å². The van der Waals surface area contributed by atoms with Crippen LogP contribution in [-0.4, -0.2) is 18.4 Å². The first-order chi connectivity index (χ1) is 13.3. The van der Waals surface area contributed by atoms with Crippen molar-refractivity contribution in [2.24, 2.45) is 5.92 Å². The fraction of sp³-hybridized carbons (Fsp3) is 0.130. The first kappa shape index (κ1) is 17.0. The highest BCUT2D eigenvalue weighted by molar-refractivity contribution is 6.13. The van der Waals surface area contributed by atoms with Crippen molar-refractivity contribution in [3.63, 3.8) is 0 Å². The lowest BCUT2D eigenvalue weighted by Crippen LogP contribution is -2.38. The van der Waals surface area contributed by atoms with Crippen molar-refractivity contribution in [2.75, 3.05) is 11.4 Å². The van der Waals surface area contributed by atoms with E-state index in [1.807, 2.05) is 91.0 Å². The smallest absolute Gasteiger partial charge is 0.244 e. The van der Waals surface area contributed by atoms with Crippen LogP contribution in [0.5, 0.6) is 0 Å². The molecule has 2 amide bonds. The summed E-state index contributed by atoms with van der Waals surface area (Å²) in [6.07, 6.45) is 0. The van der Waals surface area contributed by atoms with Crippen molar-refractivity contribution < 1.29 is 9.59 Å². The zero-order valence-electron chi connectivity index (χ0n) is 14.8. The number of nitrogens with zero attached hydrogens (tertiary/aromatic N) is 1. The van der Waals surface area contributed by atoms with Crippen LogP contribution >= 0.6 is 0 Å². The monoisotopic (exact) mass is 356 g/mol. The van der Waals surface area contributed by atoms with Gasteiger partial charge in [-0.1, -0.05) is 66.7 Å². The van der Waals surface area contributed by atoms with Gasteiger partial charge in [-0.05, 0) is 29.8 Å². The Hall–Kier alpha value is -3.40. The van der Waals surface area contributed by atoms with Gasteiger partial charge >= 0.3 is 0 Å². The number of benzene rings is 3. The molecule has 134 valence electrons. The van der Waals surface area contributed by atoms with Crippen molar-refractivity contribution >= 4 is 23.2 Å². The van der Waals surface area contributed by atoms with E-state index in [1.54, 1.807) is 4.90 Å². The maximum atomic E-state index is 13.6. The van der Waals surface area contributed by atoms with Crippen LogP contribution in [0.25, 0.3) is 0 Å². The van der Waals surface area contributed by atoms with Crippen LogP contribution in [0.3, 0.4) is 0 Å². The normalized spacial score (nSPS) is 18.7. The van der Waals surface area contributed by atoms with E-state index in [9.17, 15) is 9.59 Å². The Balaban J connectivity index is 1.75. The summed E-state index contributed by atoms with van der Waals surface area (Å²) in [6, 6.07) is 28.7. The molecule has 0 unspecified atom stereocenters. The third-order valence-corrected chi connectivity index (χ3v) is 4.92. The lowest BCUT2D eigenvalue weighted by atomic mass is 9.87. The number of carbonyl (C=O) groups excluding carboxylic acids is 2. The average Bonchev–Trinajstić information content (AvgIpc) is 3.12. The first-order valence-corrected chi connectivity index (χ1v) is 9.02. The molecule has 0 bridgehead atoms. The topological polar surface area (TPSA) is 49.4 Å². The molecule has 0 saturated carbocycles. The predicted octanol–water partition coefficient (Wildman–Crippen LogP) is 3.88.